The molecule has 0 aliphatic heterocycles. The maximum atomic E-state index is 2.18. The molecule has 0 radical (unpaired) electrons. The van der Waals surface area contributed by atoms with Gasteiger partial charge >= 0.3 is 0 Å². The van der Waals surface area contributed by atoms with Crippen LogP contribution in [0.5, 0.6) is 0 Å². The number of hydrogen-bond acceptors (Lipinski definition) is 1. The normalized spacial score (nSPS) is 8.00. The molecule has 0 N–H and O–H groups in total. The van der Waals surface area contributed by atoms with Gasteiger partial charge in [-0.05, 0) is 14.1 Å². The first kappa shape index (κ1) is 16.7. The molecule has 0 bridgehead atoms. The summed E-state index contributed by atoms with van der Waals surface area (Å²) in [5, 5.41) is 0. The molecule has 0 unspecified atom stereocenters. The third-order valence-electron chi connectivity index (χ3n) is 0.783. The van der Waals surface area contributed by atoms with Crippen molar-refractivity contribution in [3.05, 3.63) is 6.54 Å². The number of rotatable bonds is 3. The molecule has 0 saturated carbocycles. The Morgan fingerprint density at radius 1 is 1.22 bits per heavy atom. The van der Waals surface area contributed by atoms with Gasteiger partial charge in [0.15, 0.2) is 0 Å². The Hall–Kier alpha value is 1.34. The molecule has 0 saturated heterocycles. The van der Waals surface area contributed by atoms with Crippen LogP contribution in [0.4, 0.5) is 0 Å². The number of nitrogens with zero attached hydrogens (tertiary/aromatic N) is 1. The summed E-state index contributed by atoms with van der Waals surface area (Å²) in [6.45, 7) is 4.36. The fraction of sp³-hybridized carbons (Fsp3) is 0.833. The van der Waals surface area contributed by atoms with Crippen molar-refractivity contribution >= 4 is 0 Å². The number of hydrogen-bond donors (Lipinski definition) is 0. The van der Waals surface area contributed by atoms with Crippen molar-refractivity contribution in [2.24, 2.45) is 0 Å². The summed E-state index contributed by atoms with van der Waals surface area (Å²) >= 11 is 0. The molecule has 0 aliphatic carbocycles. The van der Waals surface area contributed by atoms with Crippen LogP contribution in [-0.2, 0) is 42.1 Å². The first-order valence-corrected chi connectivity index (χ1v) is 2.77. The van der Waals surface area contributed by atoms with Crippen LogP contribution in [-0.4, -0.2) is 19.0 Å². The molecule has 0 amide bonds. The van der Waals surface area contributed by atoms with Gasteiger partial charge in [-0.1, -0.05) is 13.3 Å². The van der Waals surface area contributed by atoms with Gasteiger partial charge in [0.25, 0.3) is 0 Å². The fourth-order valence-electron chi connectivity index (χ4n) is 0.387. The second-order valence-electron chi connectivity index (χ2n) is 1.93. The van der Waals surface area contributed by atoms with Crippen LogP contribution in [0.25, 0.3) is 0 Å². The third kappa shape index (κ3) is 17.6. The number of unbranched alkanes of at least 4 members (excludes halogenated alkanes) is 1. The molecule has 0 aliphatic rings. The summed E-state index contributed by atoms with van der Waals surface area (Å²) in [7, 11) is 4.10. The van der Waals surface area contributed by atoms with Gasteiger partial charge in [-0.25, -0.2) is 0 Å². The van der Waals surface area contributed by atoms with Crippen molar-refractivity contribution < 1.29 is 42.1 Å². The minimum atomic E-state index is 0. The average Bonchev–Trinajstić information content (AvgIpc) is 1.61. The summed E-state index contributed by atoms with van der Waals surface area (Å²) in [4.78, 5) is 2.09. The van der Waals surface area contributed by atoms with E-state index >= 15 is 0 Å². The Balaban J connectivity index is -0.000000180. The minimum absolute atomic E-state index is 0. The quantitative estimate of drug-likeness (QED) is 0.569. The van der Waals surface area contributed by atoms with E-state index in [0.717, 1.165) is 0 Å². The maximum Gasteiger partial charge on any atom is 0 e. The molecule has 0 rings (SSSR count). The molecule has 3 heteroatoms. The molecular formula is C6H14NW2-. The summed E-state index contributed by atoms with van der Waals surface area (Å²) in [5.74, 6) is 0. The molecule has 0 spiro atoms. The van der Waals surface area contributed by atoms with E-state index in [1.54, 1.807) is 0 Å². The van der Waals surface area contributed by atoms with Gasteiger partial charge in [-0.2, -0.15) is 6.42 Å². The van der Waals surface area contributed by atoms with Crippen LogP contribution in [0.3, 0.4) is 0 Å². The zero-order valence-corrected chi connectivity index (χ0v) is 12.1. The van der Waals surface area contributed by atoms with Crippen molar-refractivity contribution in [3.63, 3.8) is 0 Å². The van der Waals surface area contributed by atoms with E-state index in [9.17, 15) is 0 Å². The zero-order valence-electron chi connectivity index (χ0n) is 6.26. The molecule has 56 valence electrons. The molecule has 1 nitrogen and oxygen atoms in total. The Morgan fingerprint density at radius 3 is 1.78 bits per heavy atom. The molecule has 0 fully saturated rings. The van der Waals surface area contributed by atoms with Gasteiger partial charge in [-0.15, -0.1) is 0 Å². The smallest absolute Gasteiger partial charge is 0 e. The molecule has 0 atom stereocenters. The average molecular weight is 468 g/mol. The molecular weight excluding hydrogens is 454 g/mol. The van der Waals surface area contributed by atoms with Gasteiger partial charge < -0.3 is 4.90 Å². The van der Waals surface area contributed by atoms with Gasteiger partial charge in [0.1, 0.15) is 0 Å². The van der Waals surface area contributed by atoms with E-state index in [2.05, 4.69) is 32.5 Å². The van der Waals surface area contributed by atoms with E-state index in [4.69, 9.17) is 0 Å². The van der Waals surface area contributed by atoms with Gasteiger partial charge in [0.05, 0.1) is 0 Å². The standard InChI is InChI=1S/C6H14N.2W/c1-4-5-6-7(2)3;;/h6H,4-5H2,1-3H3;;/q-1;;. The van der Waals surface area contributed by atoms with Crippen molar-refractivity contribution in [2.75, 3.05) is 14.1 Å². The van der Waals surface area contributed by atoms with E-state index < -0.39 is 0 Å². The van der Waals surface area contributed by atoms with Crippen molar-refractivity contribution in [1.29, 1.82) is 0 Å². The first-order chi connectivity index (χ1) is 3.27. The second-order valence-corrected chi connectivity index (χ2v) is 1.93. The molecule has 0 aromatic carbocycles. The maximum absolute atomic E-state index is 2.18. The second kappa shape index (κ2) is 12.1. The SMILES string of the molecule is CCC[CH-]N(C)C.[W].[W]. The van der Waals surface area contributed by atoms with Crippen molar-refractivity contribution in [2.45, 2.75) is 19.8 Å². The van der Waals surface area contributed by atoms with Crippen LogP contribution >= 0.6 is 0 Å². The topological polar surface area (TPSA) is 3.24 Å². The van der Waals surface area contributed by atoms with Gasteiger partial charge in [0, 0.05) is 42.1 Å². The van der Waals surface area contributed by atoms with Gasteiger partial charge in [0.2, 0.25) is 0 Å². The summed E-state index contributed by atoms with van der Waals surface area (Å²) in [6, 6.07) is 0. The van der Waals surface area contributed by atoms with E-state index in [1.165, 1.54) is 12.8 Å². The summed E-state index contributed by atoms with van der Waals surface area (Å²) in [6.07, 6.45) is 2.45. The van der Waals surface area contributed by atoms with Crippen LogP contribution in [0, 0.1) is 6.54 Å². The molecule has 0 heterocycles. The van der Waals surface area contributed by atoms with Crippen molar-refractivity contribution in [3.8, 4) is 0 Å². The van der Waals surface area contributed by atoms with E-state index in [0.29, 0.717) is 0 Å². The Labute approximate surface area is 87.1 Å². The molecule has 9 heavy (non-hydrogen) atoms. The first-order valence-electron chi connectivity index (χ1n) is 2.77. The largest absolute Gasteiger partial charge is 0.462 e. The predicted octanol–water partition coefficient (Wildman–Crippen LogP) is 1.50. The Bertz CT molecular complexity index is 40.0. The van der Waals surface area contributed by atoms with E-state index in [1.807, 2.05) is 0 Å². The molecule has 0 aromatic heterocycles. The summed E-state index contributed by atoms with van der Waals surface area (Å²) < 4.78 is 0. The Kier molecular flexibility index (Phi) is 22.4. The van der Waals surface area contributed by atoms with Crippen LogP contribution in [0.15, 0.2) is 0 Å². The van der Waals surface area contributed by atoms with Crippen LogP contribution < -0.4 is 0 Å². The Morgan fingerprint density at radius 2 is 1.67 bits per heavy atom. The van der Waals surface area contributed by atoms with Crippen molar-refractivity contribution in [1.82, 2.24) is 4.90 Å². The molecule has 0 aromatic rings. The van der Waals surface area contributed by atoms with Gasteiger partial charge in [-0.3, -0.25) is 6.54 Å². The van der Waals surface area contributed by atoms with Crippen LogP contribution in [0.1, 0.15) is 19.8 Å². The predicted molar refractivity (Wildman–Crippen MR) is 32.9 cm³/mol. The minimum Gasteiger partial charge on any atom is -0.462 e. The van der Waals surface area contributed by atoms with E-state index in [-0.39, 0.29) is 42.1 Å². The monoisotopic (exact) mass is 468 g/mol. The zero-order chi connectivity index (χ0) is 5.70. The van der Waals surface area contributed by atoms with Crippen LogP contribution in [0.2, 0.25) is 0 Å². The summed E-state index contributed by atoms with van der Waals surface area (Å²) in [5.41, 5.74) is 0. The third-order valence-corrected chi connectivity index (χ3v) is 0.783. The fourth-order valence-corrected chi connectivity index (χ4v) is 0.387.